The number of amides is 1. The van der Waals surface area contributed by atoms with Gasteiger partial charge in [-0.25, -0.2) is 0 Å². The van der Waals surface area contributed by atoms with Crippen LogP contribution in [-0.2, 0) is 11.3 Å². The molecular weight excluding hydrogens is 316 g/mol. The van der Waals surface area contributed by atoms with Crippen LogP contribution >= 0.6 is 0 Å². The number of nitrogens with zero attached hydrogens (tertiary/aromatic N) is 1. The summed E-state index contributed by atoms with van der Waals surface area (Å²) in [6, 6.07) is 4.82. The minimum Gasteiger partial charge on any atom is -0.493 e. The van der Waals surface area contributed by atoms with Crippen molar-refractivity contribution >= 4 is 5.91 Å². The van der Waals surface area contributed by atoms with Gasteiger partial charge in [0.25, 0.3) is 0 Å². The number of carbonyl (C=O) groups is 1. The lowest BCUT2D eigenvalue weighted by Gasteiger charge is -2.24. The molecule has 0 atom stereocenters. The largest absolute Gasteiger partial charge is 0.493 e. The number of hydrogen-bond donors (Lipinski definition) is 0. The molecule has 0 saturated heterocycles. The highest BCUT2D eigenvalue weighted by Gasteiger charge is 2.20. The van der Waals surface area contributed by atoms with Crippen LogP contribution in [-0.4, -0.2) is 31.6 Å². The number of alkyl halides is 2. The van der Waals surface area contributed by atoms with Crippen molar-refractivity contribution in [2.45, 2.75) is 51.7 Å². The molecule has 0 bridgehead atoms. The summed E-state index contributed by atoms with van der Waals surface area (Å²) in [5.74, 6) is 0.796. The maximum atomic E-state index is 12.5. The Kier molecular flexibility index (Phi) is 6.82. The van der Waals surface area contributed by atoms with Gasteiger partial charge in [-0.3, -0.25) is 4.79 Å². The van der Waals surface area contributed by atoms with Gasteiger partial charge in [-0.1, -0.05) is 25.3 Å². The molecule has 0 aliphatic heterocycles. The zero-order chi connectivity index (χ0) is 17.5. The van der Waals surface area contributed by atoms with Crippen LogP contribution in [0.15, 0.2) is 18.2 Å². The lowest BCUT2D eigenvalue weighted by atomic mass is 9.86. The first-order valence-corrected chi connectivity index (χ1v) is 8.35. The standard InChI is InChI=1S/C18H25F2NO3/c1-21(17(22)11-13-6-4-3-5-7-13)12-14-8-9-15(23-2)16(10-14)24-18(19)20/h8-10,13,18H,3-7,11-12H2,1-2H3. The zero-order valence-electron chi connectivity index (χ0n) is 14.3. The number of hydrogen-bond acceptors (Lipinski definition) is 3. The fourth-order valence-corrected chi connectivity index (χ4v) is 3.16. The number of halogens is 2. The van der Waals surface area contributed by atoms with Crippen molar-refractivity contribution in [1.29, 1.82) is 0 Å². The van der Waals surface area contributed by atoms with Crippen LogP contribution in [0.1, 0.15) is 44.1 Å². The van der Waals surface area contributed by atoms with E-state index in [4.69, 9.17) is 4.74 Å². The molecule has 134 valence electrons. The second-order valence-corrected chi connectivity index (χ2v) is 6.32. The Bertz CT molecular complexity index is 545. The molecular formula is C18H25F2NO3. The maximum Gasteiger partial charge on any atom is 0.387 e. The lowest BCUT2D eigenvalue weighted by molar-refractivity contribution is -0.131. The minimum atomic E-state index is -2.92. The van der Waals surface area contributed by atoms with Crippen molar-refractivity contribution in [2.75, 3.05) is 14.2 Å². The number of carbonyl (C=O) groups excluding carboxylic acids is 1. The van der Waals surface area contributed by atoms with E-state index >= 15 is 0 Å². The summed E-state index contributed by atoms with van der Waals surface area (Å²) in [6.45, 7) is -2.56. The number of benzene rings is 1. The molecule has 0 spiro atoms. The number of rotatable bonds is 7. The molecule has 4 nitrogen and oxygen atoms in total. The maximum absolute atomic E-state index is 12.5. The molecule has 1 fully saturated rings. The summed E-state index contributed by atoms with van der Waals surface area (Å²) in [5, 5.41) is 0. The quantitative estimate of drug-likeness (QED) is 0.745. The number of ether oxygens (including phenoxy) is 2. The summed E-state index contributed by atoms with van der Waals surface area (Å²) in [4.78, 5) is 14.0. The van der Waals surface area contributed by atoms with Crippen LogP contribution in [0.25, 0.3) is 0 Å². The highest BCUT2D eigenvalue weighted by atomic mass is 19.3. The zero-order valence-corrected chi connectivity index (χ0v) is 14.3. The van der Waals surface area contributed by atoms with Crippen LogP contribution in [0.5, 0.6) is 11.5 Å². The predicted molar refractivity (Wildman–Crippen MR) is 87.3 cm³/mol. The van der Waals surface area contributed by atoms with Crippen LogP contribution < -0.4 is 9.47 Å². The van der Waals surface area contributed by atoms with Gasteiger partial charge in [-0.2, -0.15) is 8.78 Å². The Balaban J connectivity index is 1.96. The molecule has 1 saturated carbocycles. The van der Waals surface area contributed by atoms with Gasteiger partial charge in [0.05, 0.1) is 7.11 Å². The molecule has 0 radical (unpaired) electrons. The van der Waals surface area contributed by atoms with E-state index in [1.165, 1.54) is 32.4 Å². The first-order chi connectivity index (χ1) is 11.5. The molecule has 0 unspecified atom stereocenters. The van der Waals surface area contributed by atoms with Crippen molar-refractivity contribution in [2.24, 2.45) is 5.92 Å². The minimum absolute atomic E-state index is 0.0156. The monoisotopic (exact) mass is 341 g/mol. The molecule has 1 aliphatic carbocycles. The smallest absolute Gasteiger partial charge is 0.387 e. The first kappa shape index (κ1) is 18.5. The number of methoxy groups -OCH3 is 1. The fourth-order valence-electron chi connectivity index (χ4n) is 3.16. The predicted octanol–water partition coefficient (Wildman–Crippen LogP) is 4.23. The van der Waals surface area contributed by atoms with Crippen molar-refractivity contribution in [3.63, 3.8) is 0 Å². The van der Waals surface area contributed by atoms with E-state index in [1.807, 2.05) is 0 Å². The van der Waals surface area contributed by atoms with Gasteiger partial charge in [0.15, 0.2) is 11.5 Å². The summed E-state index contributed by atoms with van der Waals surface area (Å²) >= 11 is 0. The molecule has 1 aromatic rings. The van der Waals surface area contributed by atoms with Crippen LogP contribution in [0.4, 0.5) is 8.78 Å². The average Bonchev–Trinajstić information content (AvgIpc) is 2.55. The van der Waals surface area contributed by atoms with E-state index in [9.17, 15) is 13.6 Å². The van der Waals surface area contributed by atoms with E-state index in [1.54, 1.807) is 24.1 Å². The molecule has 0 heterocycles. The van der Waals surface area contributed by atoms with E-state index in [0.29, 0.717) is 18.9 Å². The molecule has 1 amide bonds. The molecule has 6 heteroatoms. The van der Waals surface area contributed by atoms with Crippen molar-refractivity contribution < 1.29 is 23.0 Å². The molecule has 1 aliphatic rings. The normalized spacial score (nSPS) is 15.4. The van der Waals surface area contributed by atoms with Crippen molar-refractivity contribution in [3.05, 3.63) is 23.8 Å². The van der Waals surface area contributed by atoms with Gasteiger partial charge in [-0.15, -0.1) is 0 Å². The second-order valence-electron chi connectivity index (χ2n) is 6.32. The highest BCUT2D eigenvalue weighted by molar-refractivity contribution is 5.76. The fraction of sp³-hybridized carbons (Fsp3) is 0.611. The summed E-state index contributed by atoms with van der Waals surface area (Å²) in [6.07, 6.45) is 6.47. The van der Waals surface area contributed by atoms with E-state index < -0.39 is 6.61 Å². The Morgan fingerprint density at radius 2 is 1.96 bits per heavy atom. The third-order valence-electron chi connectivity index (χ3n) is 4.48. The summed E-state index contributed by atoms with van der Waals surface area (Å²) in [7, 11) is 3.14. The van der Waals surface area contributed by atoms with Gasteiger partial charge in [0, 0.05) is 20.0 Å². The first-order valence-electron chi connectivity index (χ1n) is 8.35. The Morgan fingerprint density at radius 1 is 1.25 bits per heavy atom. The molecule has 1 aromatic carbocycles. The molecule has 2 rings (SSSR count). The van der Waals surface area contributed by atoms with Crippen LogP contribution in [0.3, 0.4) is 0 Å². The van der Waals surface area contributed by atoms with Crippen molar-refractivity contribution in [3.8, 4) is 11.5 Å². The Hall–Kier alpha value is -1.85. The van der Waals surface area contributed by atoms with E-state index in [2.05, 4.69) is 4.74 Å². The Morgan fingerprint density at radius 3 is 2.58 bits per heavy atom. The summed E-state index contributed by atoms with van der Waals surface area (Å²) < 4.78 is 34.4. The van der Waals surface area contributed by atoms with E-state index in [0.717, 1.165) is 18.4 Å². The average molecular weight is 341 g/mol. The van der Waals surface area contributed by atoms with Crippen LogP contribution in [0, 0.1) is 5.92 Å². The topological polar surface area (TPSA) is 38.8 Å². The van der Waals surface area contributed by atoms with Gasteiger partial charge in [0.2, 0.25) is 5.91 Å². The van der Waals surface area contributed by atoms with Gasteiger partial charge >= 0.3 is 6.61 Å². The third-order valence-corrected chi connectivity index (χ3v) is 4.48. The highest BCUT2D eigenvalue weighted by Crippen LogP contribution is 2.30. The van der Waals surface area contributed by atoms with Crippen LogP contribution in [0.2, 0.25) is 0 Å². The molecule has 0 aromatic heterocycles. The third kappa shape index (κ3) is 5.35. The Labute approximate surface area is 141 Å². The van der Waals surface area contributed by atoms with E-state index in [-0.39, 0.29) is 17.4 Å². The SMILES string of the molecule is COc1ccc(CN(C)C(=O)CC2CCCCC2)cc1OC(F)F. The van der Waals surface area contributed by atoms with Crippen molar-refractivity contribution in [1.82, 2.24) is 4.90 Å². The molecule has 24 heavy (non-hydrogen) atoms. The van der Waals surface area contributed by atoms with Gasteiger partial charge in [0.1, 0.15) is 0 Å². The summed E-state index contributed by atoms with van der Waals surface area (Å²) in [5.41, 5.74) is 0.728. The lowest BCUT2D eigenvalue weighted by Crippen LogP contribution is -2.28. The van der Waals surface area contributed by atoms with Gasteiger partial charge < -0.3 is 14.4 Å². The molecule has 0 N–H and O–H groups in total. The van der Waals surface area contributed by atoms with Gasteiger partial charge in [-0.05, 0) is 36.5 Å². The second kappa shape index (κ2) is 8.85.